The predicted molar refractivity (Wildman–Crippen MR) is 126 cm³/mol. The van der Waals surface area contributed by atoms with Crippen molar-refractivity contribution in [3.05, 3.63) is 65.2 Å². The fourth-order valence-corrected chi connectivity index (χ4v) is 5.29. The fraction of sp³-hybridized carbons (Fsp3) is 0.269. The van der Waals surface area contributed by atoms with Crippen molar-refractivity contribution in [2.75, 3.05) is 27.6 Å². The predicted octanol–water partition coefficient (Wildman–Crippen LogP) is 6.04. The van der Waals surface area contributed by atoms with Crippen LogP contribution in [0.1, 0.15) is 27.9 Å². The Kier molecular flexibility index (Phi) is 6.23. The van der Waals surface area contributed by atoms with Gasteiger partial charge in [-0.05, 0) is 77.6 Å². The largest absolute Gasteiger partial charge is 0.497 e. The number of fused-ring (bicyclic) bond motifs is 1. The average Bonchev–Trinajstić information content (AvgIpc) is 3.31. The van der Waals surface area contributed by atoms with Crippen molar-refractivity contribution < 1.29 is 19.0 Å². The van der Waals surface area contributed by atoms with E-state index >= 15 is 0 Å². The Hall–Kier alpha value is -2.92. The molecule has 0 saturated carbocycles. The van der Waals surface area contributed by atoms with Crippen molar-refractivity contribution in [1.82, 2.24) is 0 Å². The molecule has 0 fully saturated rings. The minimum atomic E-state index is -0.265. The van der Waals surface area contributed by atoms with E-state index in [1.807, 2.05) is 30.5 Å². The molecule has 3 aromatic carbocycles. The lowest BCUT2D eigenvalue weighted by Gasteiger charge is -2.23. The Morgan fingerprint density at radius 2 is 1.29 bits per heavy atom. The van der Waals surface area contributed by atoms with Gasteiger partial charge in [-0.15, -0.1) is 11.8 Å². The molecule has 0 unspecified atom stereocenters. The third-order valence-corrected chi connectivity index (χ3v) is 6.69. The maximum atomic E-state index is 12.9. The first-order chi connectivity index (χ1) is 15.1. The fourth-order valence-electron chi connectivity index (χ4n) is 4.45. The molecule has 3 aromatic rings. The highest BCUT2D eigenvalue weighted by Gasteiger charge is 2.31. The van der Waals surface area contributed by atoms with Crippen LogP contribution in [0.25, 0.3) is 22.3 Å². The Morgan fingerprint density at radius 1 is 0.774 bits per heavy atom. The van der Waals surface area contributed by atoms with Crippen LogP contribution < -0.4 is 9.47 Å². The van der Waals surface area contributed by atoms with E-state index in [2.05, 4.69) is 24.3 Å². The van der Waals surface area contributed by atoms with Crippen LogP contribution in [0.4, 0.5) is 0 Å². The van der Waals surface area contributed by atoms with E-state index in [1.165, 1.54) is 18.2 Å². The standard InChI is InChI=1S/C26H26O4S/c1-28-18-12-8-16(9-13-18)22-20-6-5-7-21(20)24(26(27)30-3)25(31-4)23(22)17-10-14-19(29-2)15-11-17/h8-15H,5-7H2,1-4H3. The van der Waals surface area contributed by atoms with E-state index in [1.54, 1.807) is 26.0 Å². The molecule has 0 radical (unpaired) electrons. The molecule has 160 valence electrons. The van der Waals surface area contributed by atoms with E-state index in [9.17, 15) is 4.79 Å². The van der Waals surface area contributed by atoms with Gasteiger partial charge < -0.3 is 14.2 Å². The number of carbonyl (C=O) groups is 1. The van der Waals surface area contributed by atoms with Gasteiger partial charge in [0.25, 0.3) is 0 Å². The van der Waals surface area contributed by atoms with E-state index in [4.69, 9.17) is 14.2 Å². The number of hydrogen-bond donors (Lipinski definition) is 0. The van der Waals surface area contributed by atoms with Crippen molar-refractivity contribution in [3.63, 3.8) is 0 Å². The summed E-state index contributed by atoms with van der Waals surface area (Å²) < 4.78 is 15.9. The normalized spacial score (nSPS) is 12.4. The quantitative estimate of drug-likeness (QED) is 0.350. The maximum Gasteiger partial charge on any atom is 0.339 e. The van der Waals surface area contributed by atoms with Gasteiger partial charge in [-0.2, -0.15) is 0 Å². The highest BCUT2D eigenvalue weighted by Crippen LogP contribution is 2.48. The number of ether oxygens (including phenoxy) is 3. The molecular weight excluding hydrogens is 408 g/mol. The second-order valence-corrected chi connectivity index (χ2v) is 8.23. The summed E-state index contributed by atoms with van der Waals surface area (Å²) in [6.45, 7) is 0. The van der Waals surface area contributed by atoms with Crippen LogP contribution >= 0.6 is 11.8 Å². The van der Waals surface area contributed by atoms with Gasteiger partial charge in [0.05, 0.1) is 26.9 Å². The van der Waals surface area contributed by atoms with Crippen LogP contribution in [-0.4, -0.2) is 33.6 Å². The van der Waals surface area contributed by atoms with Gasteiger partial charge in [-0.25, -0.2) is 4.79 Å². The first-order valence-electron chi connectivity index (χ1n) is 10.3. The Morgan fingerprint density at radius 3 is 1.77 bits per heavy atom. The number of benzene rings is 3. The number of carbonyl (C=O) groups excluding carboxylic acids is 1. The highest BCUT2D eigenvalue weighted by atomic mass is 32.2. The summed E-state index contributed by atoms with van der Waals surface area (Å²) in [7, 11) is 4.79. The second kappa shape index (κ2) is 9.06. The van der Waals surface area contributed by atoms with Gasteiger partial charge in [0.1, 0.15) is 11.5 Å². The Labute approximate surface area is 187 Å². The van der Waals surface area contributed by atoms with E-state index < -0.39 is 0 Å². The van der Waals surface area contributed by atoms with E-state index in [0.717, 1.165) is 57.9 Å². The molecule has 1 aliphatic rings. The van der Waals surface area contributed by atoms with Gasteiger partial charge >= 0.3 is 5.97 Å². The van der Waals surface area contributed by atoms with Crippen LogP contribution in [0.5, 0.6) is 11.5 Å². The van der Waals surface area contributed by atoms with Crippen LogP contribution in [0, 0.1) is 0 Å². The van der Waals surface area contributed by atoms with Crippen molar-refractivity contribution in [2.45, 2.75) is 24.2 Å². The molecular formula is C26H26O4S. The lowest BCUT2D eigenvalue weighted by molar-refractivity contribution is 0.0595. The van der Waals surface area contributed by atoms with Crippen LogP contribution in [0.15, 0.2) is 53.4 Å². The van der Waals surface area contributed by atoms with Crippen LogP contribution in [-0.2, 0) is 17.6 Å². The lowest BCUT2D eigenvalue weighted by atomic mass is 9.85. The summed E-state index contributed by atoms with van der Waals surface area (Å²) in [5.74, 6) is 1.36. The van der Waals surface area contributed by atoms with Gasteiger partial charge in [-0.1, -0.05) is 24.3 Å². The van der Waals surface area contributed by atoms with E-state index in [0.29, 0.717) is 5.56 Å². The average molecular weight is 435 g/mol. The molecule has 0 amide bonds. The summed E-state index contributed by atoms with van der Waals surface area (Å²) in [4.78, 5) is 13.9. The van der Waals surface area contributed by atoms with Gasteiger partial charge in [0.2, 0.25) is 0 Å². The molecule has 0 N–H and O–H groups in total. The molecule has 4 nitrogen and oxygen atoms in total. The minimum Gasteiger partial charge on any atom is -0.497 e. The van der Waals surface area contributed by atoms with E-state index in [-0.39, 0.29) is 5.97 Å². The summed E-state index contributed by atoms with van der Waals surface area (Å²) in [5, 5.41) is 0. The zero-order valence-corrected chi connectivity index (χ0v) is 19.1. The Balaban J connectivity index is 2.08. The highest BCUT2D eigenvalue weighted by molar-refractivity contribution is 7.98. The molecule has 0 atom stereocenters. The van der Waals surface area contributed by atoms with Crippen molar-refractivity contribution in [2.24, 2.45) is 0 Å². The van der Waals surface area contributed by atoms with Crippen LogP contribution in [0.2, 0.25) is 0 Å². The molecule has 1 aliphatic carbocycles. The SMILES string of the molecule is COC(=O)c1c2c(c(-c3ccc(OC)cc3)c(-c3ccc(OC)cc3)c1SC)CCC2. The number of rotatable bonds is 6. The molecule has 0 bridgehead atoms. The lowest BCUT2D eigenvalue weighted by Crippen LogP contribution is -2.10. The zero-order valence-electron chi connectivity index (χ0n) is 18.3. The number of esters is 1. The van der Waals surface area contributed by atoms with Gasteiger partial charge in [-0.3, -0.25) is 0 Å². The monoisotopic (exact) mass is 434 g/mol. The first-order valence-corrected chi connectivity index (χ1v) is 11.5. The van der Waals surface area contributed by atoms with Crippen molar-refractivity contribution >= 4 is 17.7 Å². The van der Waals surface area contributed by atoms with Gasteiger partial charge in [0, 0.05) is 10.5 Å². The number of thioether (sulfide) groups is 1. The smallest absolute Gasteiger partial charge is 0.339 e. The first kappa shape index (κ1) is 21.3. The zero-order chi connectivity index (χ0) is 22.0. The summed E-state index contributed by atoms with van der Waals surface area (Å²) in [6, 6.07) is 16.2. The van der Waals surface area contributed by atoms with Crippen molar-refractivity contribution in [3.8, 4) is 33.8 Å². The number of methoxy groups -OCH3 is 3. The third-order valence-electron chi connectivity index (χ3n) is 5.88. The Bertz CT molecular complexity index is 1100. The molecule has 0 heterocycles. The molecule has 5 heteroatoms. The summed E-state index contributed by atoms with van der Waals surface area (Å²) >= 11 is 1.60. The molecule has 0 aromatic heterocycles. The summed E-state index contributed by atoms with van der Waals surface area (Å²) in [5.41, 5.74) is 7.52. The van der Waals surface area contributed by atoms with Crippen LogP contribution in [0.3, 0.4) is 0 Å². The minimum absolute atomic E-state index is 0.265. The number of hydrogen-bond acceptors (Lipinski definition) is 5. The molecule has 0 aliphatic heterocycles. The third kappa shape index (κ3) is 3.79. The molecule has 0 saturated heterocycles. The molecule has 0 spiro atoms. The maximum absolute atomic E-state index is 12.9. The van der Waals surface area contributed by atoms with Crippen molar-refractivity contribution in [1.29, 1.82) is 0 Å². The molecule has 31 heavy (non-hydrogen) atoms. The second-order valence-electron chi connectivity index (χ2n) is 7.42. The molecule has 4 rings (SSSR count). The topological polar surface area (TPSA) is 44.8 Å². The summed E-state index contributed by atoms with van der Waals surface area (Å²) in [6.07, 6.45) is 4.88. The van der Waals surface area contributed by atoms with Gasteiger partial charge in [0.15, 0.2) is 0 Å².